The molecule has 0 saturated carbocycles. The van der Waals surface area contributed by atoms with Gasteiger partial charge in [0.1, 0.15) is 10.6 Å². The second-order valence-corrected chi connectivity index (χ2v) is 16.3. The van der Waals surface area contributed by atoms with Gasteiger partial charge in [0.25, 0.3) is 0 Å². The summed E-state index contributed by atoms with van der Waals surface area (Å²) in [6, 6.07) is 45.8. The van der Waals surface area contributed by atoms with Crippen molar-refractivity contribution >= 4 is 69.5 Å². The monoisotopic (exact) mass is 816 g/mol. The van der Waals surface area contributed by atoms with Crippen molar-refractivity contribution in [2.24, 2.45) is 0 Å². The molecule has 46 heavy (non-hydrogen) atoms. The van der Waals surface area contributed by atoms with Crippen LogP contribution in [0.15, 0.2) is 133 Å². The Hall–Kier alpha value is -2.96. The van der Waals surface area contributed by atoms with Crippen molar-refractivity contribution < 1.29 is 44.8 Å². The molecule has 0 amide bonds. The van der Waals surface area contributed by atoms with Crippen molar-refractivity contribution in [2.75, 3.05) is 26.7 Å². The van der Waals surface area contributed by atoms with Crippen LogP contribution in [0.2, 0.25) is 0 Å². The number of hydrogen-bond donors (Lipinski definition) is 0. The van der Waals surface area contributed by atoms with E-state index < -0.39 is 0 Å². The minimum Gasteiger partial charge on any atom is -0.366 e. The maximum absolute atomic E-state index is 7.35. The van der Waals surface area contributed by atoms with Gasteiger partial charge in [-0.3, -0.25) is 11.8 Å². The normalized spacial score (nSPS) is 10.2. The SMILES string of the molecule is C[PH+](C)c1ccccc1[PH+](C)C.[Ag+].[Ag+].[C-]#Cc1cc2ccccc2c2ccccc12.[C-]#Cc1cc2ccccc2c2ccccc12. The average molecular weight is 818 g/mol. The quantitative estimate of drug-likeness (QED) is 0.0537. The van der Waals surface area contributed by atoms with Gasteiger partial charge >= 0.3 is 44.8 Å². The van der Waals surface area contributed by atoms with Crippen LogP contribution in [0.1, 0.15) is 11.1 Å². The van der Waals surface area contributed by atoms with Crippen LogP contribution in [-0.4, -0.2) is 26.7 Å². The molecule has 0 radical (unpaired) electrons. The number of rotatable bonds is 2. The fourth-order valence-corrected chi connectivity index (χ4v) is 9.27. The molecule has 0 saturated heterocycles. The summed E-state index contributed by atoms with van der Waals surface area (Å²) >= 11 is 0. The largest absolute Gasteiger partial charge is 1.00 e. The van der Waals surface area contributed by atoms with Crippen molar-refractivity contribution in [1.82, 2.24) is 0 Å². The Bertz CT molecular complexity index is 2010. The molecule has 0 atom stereocenters. The summed E-state index contributed by atoms with van der Waals surface area (Å²) in [5, 5.41) is 12.6. The van der Waals surface area contributed by atoms with Crippen LogP contribution >= 0.6 is 15.8 Å². The summed E-state index contributed by atoms with van der Waals surface area (Å²) in [6.07, 6.45) is 14.7. The molecule has 0 aliphatic heterocycles. The molecule has 0 bridgehead atoms. The van der Waals surface area contributed by atoms with Crippen molar-refractivity contribution in [2.45, 2.75) is 0 Å². The summed E-state index contributed by atoms with van der Waals surface area (Å²) in [5.41, 5.74) is 1.71. The van der Waals surface area contributed by atoms with Gasteiger partial charge in [-0.1, -0.05) is 120 Å². The van der Waals surface area contributed by atoms with E-state index in [1.54, 1.807) is 10.6 Å². The molecule has 0 aromatic heterocycles. The van der Waals surface area contributed by atoms with Gasteiger partial charge in [0.15, 0.2) is 0 Å². The fraction of sp³-hybridized carbons (Fsp3) is 0.0952. The summed E-state index contributed by atoms with van der Waals surface area (Å²) < 4.78 is 0. The van der Waals surface area contributed by atoms with E-state index in [1.807, 2.05) is 72.8 Å². The molecular weight excluding hydrogens is 782 g/mol. The minimum absolute atomic E-state index is 0. The maximum Gasteiger partial charge on any atom is 1.00 e. The Morgan fingerprint density at radius 1 is 0.391 bits per heavy atom. The molecule has 7 rings (SSSR count). The molecule has 0 heterocycles. The van der Waals surface area contributed by atoms with Crippen LogP contribution in [-0.2, 0) is 44.8 Å². The first-order chi connectivity index (χ1) is 21.4. The average Bonchev–Trinajstić information content (AvgIpc) is 3.08. The molecule has 234 valence electrons. The number of hydrogen-bond acceptors (Lipinski definition) is 0. The molecule has 4 heteroatoms. The molecule has 0 N–H and O–H groups in total. The van der Waals surface area contributed by atoms with Crippen LogP contribution in [0.4, 0.5) is 0 Å². The Labute approximate surface area is 307 Å². The van der Waals surface area contributed by atoms with E-state index in [9.17, 15) is 0 Å². The van der Waals surface area contributed by atoms with Crippen LogP contribution in [0, 0.1) is 24.7 Å². The predicted molar refractivity (Wildman–Crippen MR) is 201 cm³/mol. The summed E-state index contributed by atoms with van der Waals surface area (Å²) in [4.78, 5) is 0. The minimum atomic E-state index is -0.261. The Morgan fingerprint density at radius 3 is 1.00 bits per heavy atom. The zero-order chi connectivity index (χ0) is 31.1. The fourth-order valence-electron chi connectivity index (χ4n) is 5.67. The Balaban J connectivity index is 0.000000186. The van der Waals surface area contributed by atoms with Crippen molar-refractivity contribution in [3.8, 4) is 11.8 Å². The van der Waals surface area contributed by atoms with Gasteiger partial charge in [-0.15, -0.1) is 23.3 Å². The molecule has 0 spiro atoms. The first-order valence-electron chi connectivity index (χ1n) is 14.8. The van der Waals surface area contributed by atoms with Crippen LogP contribution in [0.3, 0.4) is 0 Å². The second-order valence-electron chi connectivity index (χ2n) is 11.2. The van der Waals surface area contributed by atoms with Gasteiger partial charge in [-0.25, -0.2) is 0 Å². The first kappa shape index (κ1) is 37.5. The van der Waals surface area contributed by atoms with Gasteiger partial charge in [0.05, 0.1) is 26.7 Å². The van der Waals surface area contributed by atoms with Gasteiger partial charge in [-0.05, 0) is 44.5 Å². The first-order valence-corrected chi connectivity index (χ1v) is 19.8. The van der Waals surface area contributed by atoms with E-state index >= 15 is 0 Å². The zero-order valence-corrected chi connectivity index (χ0v) is 31.3. The Kier molecular flexibility index (Phi) is 14.5. The summed E-state index contributed by atoms with van der Waals surface area (Å²) in [6.45, 7) is 9.48. The molecule has 0 aliphatic carbocycles. The van der Waals surface area contributed by atoms with E-state index in [0.717, 1.165) is 32.7 Å². The van der Waals surface area contributed by atoms with Crippen LogP contribution < -0.4 is 10.6 Å². The van der Waals surface area contributed by atoms with Crippen molar-refractivity contribution in [1.29, 1.82) is 0 Å². The topological polar surface area (TPSA) is 0 Å². The van der Waals surface area contributed by atoms with Gasteiger partial charge in [0, 0.05) is 15.8 Å². The summed E-state index contributed by atoms with van der Waals surface area (Å²) in [7, 11) is -0.522. The molecule has 0 aliphatic rings. The molecule has 0 nitrogen and oxygen atoms in total. The van der Waals surface area contributed by atoms with Gasteiger partial charge in [0.2, 0.25) is 0 Å². The van der Waals surface area contributed by atoms with E-state index in [4.69, 9.17) is 12.8 Å². The summed E-state index contributed by atoms with van der Waals surface area (Å²) in [5.74, 6) is 5.02. The number of benzene rings is 7. The molecule has 7 aromatic carbocycles. The van der Waals surface area contributed by atoms with E-state index in [2.05, 4.69) is 99.2 Å². The van der Waals surface area contributed by atoms with Crippen molar-refractivity contribution in [3.63, 3.8) is 0 Å². The van der Waals surface area contributed by atoms with E-state index in [1.165, 1.54) is 21.5 Å². The van der Waals surface area contributed by atoms with Gasteiger partial charge in [-0.2, -0.15) is 0 Å². The third kappa shape index (κ3) is 8.49. The van der Waals surface area contributed by atoms with Crippen molar-refractivity contribution in [3.05, 3.63) is 157 Å². The zero-order valence-electron chi connectivity index (χ0n) is 26.3. The smallest absolute Gasteiger partial charge is 0.366 e. The molecule has 7 aromatic rings. The number of fused-ring (bicyclic) bond motifs is 6. The third-order valence-corrected chi connectivity index (χ3v) is 11.1. The van der Waals surface area contributed by atoms with Crippen LogP contribution in [0.5, 0.6) is 0 Å². The molecular formula is C42H36Ag2P2+2. The third-order valence-electron chi connectivity index (χ3n) is 7.81. The van der Waals surface area contributed by atoms with E-state index in [0.29, 0.717) is 0 Å². The Morgan fingerprint density at radius 2 is 0.674 bits per heavy atom. The van der Waals surface area contributed by atoms with Crippen LogP contribution in [0.25, 0.3) is 43.1 Å². The van der Waals surface area contributed by atoms with E-state index in [-0.39, 0.29) is 60.6 Å². The van der Waals surface area contributed by atoms with Gasteiger partial charge < -0.3 is 12.8 Å². The standard InChI is InChI=1S/2C16H9.C10H16P2.2Ag/c2*1-2-12-11-13-7-3-4-9-15(13)16-10-6-5-8-14(12)16;1-11(2)9-7-5-6-8-10(9)12(3)4;;/h2*3-11H;5-8H,1-4H3;;/q2*-1;;2*+1/p+2. The maximum atomic E-state index is 7.35. The molecule has 0 fully saturated rings. The molecule has 0 unspecified atom stereocenters. The second kappa shape index (κ2) is 17.8. The predicted octanol–water partition coefficient (Wildman–Crippen LogP) is 9.74.